The molecule has 3 heterocycles. The van der Waals surface area contributed by atoms with Crippen molar-refractivity contribution in [2.24, 2.45) is 7.05 Å². The molecule has 4 aromatic rings. The summed E-state index contributed by atoms with van der Waals surface area (Å²) in [6.07, 6.45) is 5.41. The van der Waals surface area contributed by atoms with Gasteiger partial charge in [0.05, 0.1) is 23.2 Å². The fraction of sp³-hybridized carbons (Fsp3) is 0.190. The molecule has 0 amide bonds. The Morgan fingerprint density at radius 1 is 1.11 bits per heavy atom. The smallest absolute Gasteiger partial charge is 0.227 e. The van der Waals surface area contributed by atoms with E-state index in [9.17, 15) is 0 Å². The van der Waals surface area contributed by atoms with E-state index in [1.54, 1.807) is 6.26 Å². The second kappa shape index (κ2) is 6.09. The number of hydrogen-bond acceptors (Lipinski definition) is 5. The first kappa shape index (κ1) is 15.8. The van der Waals surface area contributed by atoms with Gasteiger partial charge in [0.15, 0.2) is 5.76 Å². The number of hydrogen-bond donors (Lipinski definition) is 1. The number of aryl methyl sites for hydroxylation is 4. The van der Waals surface area contributed by atoms with Gasteiger partial charge in [0.25, 0.3) is 0 Å². The molecule has 0 bridgehead atoms. The first-order valence-corrected chi connectivity index (χ1v) is 8.99. The van der Waals surface area contributed by atoms with Crippen LogP contribution in [0.1, 0.15) is 16.8 Å². The highest BCUT2D eigenvalue weighted by molar-refractivity contribution is 5.83. The van der Waals surface area contributed by atoms with E-state index in [1.807, 2.05) is 61.2 Å². The van der Waals surface area contributed by atoms with Crippen molar-refractivity contribution in [3.05, 3.63) is 65.7 Å². The Labute approximate surface area is 156 Å². The lowest BCUT2D eigenvalue weighted by atomic mass is 9.92. The zero-order valence-electron chi connectivity index (χ0n) is 15.2. The van der Waals surface area contributed by atoms with Gasteiger partial charge in [-0.1, -0.05) is 18.2 Å². The van der Waals surface area contributed by atoms with E-state index in [4.69, 9.17) is 14.5 Å². The van der Waals surface area contributed by atoms with E-state index >= 15 is 0 Å². The topological polar surface area (TPSA) is 68.8 Å². The fourth-order valence-electron chi connectivity index (χ4n) is 3.65. The number of fused-ring (bicyclic) bond motifs is 3. The highest BCUT2D eigenvalue weighted by atomic mass is 16.3. The van der Waals surface area contributed by atoms with Gasteiger partial charge < -0.3 is 9.73 Å². The van der Waals surface area contributed by atoms with Crippen molar-refractivity contribution in [3.63, 3.8) is 0 Å². The van der Waals surface area contributed by atoms with E-state index in [1.165, 1.54) is 0 Å². The third-order valence-corrected chi connectivity index (χ3v) is 4.96. The molecule has 6 heteroatoms. The third-order valence-electron chi connectivity index (χ3n) is 4.96. The second-order valence-corrected chi connectivity index (χ2v) is 6.79. The first-order chi connectivity index (χ1) is 13.2. The van der Waals surface area contributed by atoms with Crippen LogP contribution in [-0.4, -0.2) is 19.7 Å². The minimum atomic E-state index is 0.582. The summed E-state index contributed by atoms with van der Waals surface area (Å²) >= 11 is 0. The summed E-state index contributed by atoms with van der Waals surface area (Å²) in [5.74, 6) is 1.43. The molecule has 1 aliphatic rings. The summed E-state index contributed by atoms with van der Waals surface area (Å²) in [4.78, 5) is 9.35. The van der Waals surface area contributed by atoms with Gasteiger partial charge in [0.1, 0.15) is 5.69 Å². The number of rotatable bonds is 3. The van der Waals surface area contributed by atoms with Gasteiger partial charge in [0, 0.05) is 18.9 Å². The van der Waals surface area contributed by atoms with E-state index in [0.717, 1.165) is 58.1 Å². The van der Waals surface area contributed by atoms with Gasteiger partial charge in [-0.2, -0.15) is 5.10 Å². The van der Waals surface area contributed by atoms with Crippen LogP contribution < -0.4 is 5.32 Å². The number of para-hydroxylation sites is 1. The molecule has 0 saturated heterocycles. The number of anilines is 2. The summed E-state index contributed by atoms with van der Waals surface area (Å²) in [7, 11) is 1.96. The summed E-state index contributed by atoms with van der Waals surface area (Å²) in [6, 6.07) is 11.9. The summed E-state index contributed by atoms with van der Waals surface area (Å²) in [5.41, 5.74) is 7.20. The number of nitrogens with one attached hydrogen (secondary N) is 1. The Hall–Kier alpha value is -3.41. The summed E-state index contributed by atoms with van der Waals surface area (Å²) in [5, 5.41) is 8.02. The average Bonchev–Trinajstić information content (AvgIpc) is 3.24. The number of furan rings is 1. The minimum Gasteiger partial charge on any atom is -0.462 e. The Morgan fingerprint density at radius 3 is 2.74 bits per heavy atom. The van der Waals surface area contributed by atoms with Gasteiger partial charge in [-0.25, -0.2) is 9.97 Å². The molecule has 27 heavy (non-hydrogen) atoms. The molecule has 0 atom stereocenters. The molecule has 0 spiro atoms. The molecule has 6 nitrogen and oxygen atoms in total. The van der Waals surface area contributed by atoms with Gasteiger partial charge in [-0.15, -0.1) is 0 Å². The predicted octanol–water partition coefficient (Wildman–Crippen LogP) is 4.29. The minimum absolute atomic E-state index is 0.582. The van der Waals surface area contributed by atoms with Crippen LogP contribution in [0.4, 0.5) is 11.6 Å². The predicted molar refractivity (Wildman–Crippen MR) is 104 cm³/mol. The van der Waals surface area contributed by atoms with Crippen LogP contribution in [0.3, 0.4) is 0 Å². The molecule has 0 unspecified atom stereocenters. The molecule has 0 aliphatic heterocycles. The standard InChI is InChI=1S/C21H19N5O/c1-13-10-11-27-20(13)19-17-16(25-26(19)2)9-8-14-12-22-21(24-18(14)17)23-15-6-4-3-5-7-15/h3-7,10-12H,8-9H2,1-2H3,(H,22,23,24). The number of benzene rings is 1. The zero-order chi connectivity index (χ0) is 18.4. The normalized spacial score (nSPS) is 12.5. The van der Waals surface area contributed by atoms with Crippen LogP contribution in [0.2, 0.25) is 0 Å². The maximum Gasteiger partial charge on any atom is 0.227 e. The van der Waals surface area contributed by atoms with Crippen molar-refractivity contribution in [1.29, 1.82) is 0 Å². The zero-order valence-corrected chi connectivity index (χ0v) is 15.2. The van der Waals surface area contributed by atoms with E-state index in [0.29, 0.717) is 5.95 Å². The highest BCUT2D eigenvalue weighted by Gasteiger charge is 2.28. The Bertz CT molecular complexity index is 1130. The first-order valence-electron chi connectivity index (χ1n) is 8.99. The van der Waals surface area contributed by atoms with Crippen molar-refractivity contribution >= 4 is 11.6 Å². The lowest BCUT2D eigenvalue weighted by molar-refractivity contribution is 0.571. The molecule has 134 valence electrons. The molecular formula is C21H19N5O. The molecule has 0 saturated carbocycles. The molecule has 1 aromatic carbocycles. The monoisotopic (exact) mass is 357 g/mol. The van der Waals surface area contributed by atoms with Gasteiger partial charge in [0.2, 0.25) is 5.95 Å². The summed E-state index contributed by atoms with van der Waals surface area (Å²) < 4.78 is 7.68. The third kappa shape index (κ3) is 2.61. The maximum absolute atomic E-state index is 5.78. The lowest BCUT2D eigenvalue weighted by Gasteiger charge is -2.16. The van der Waals surface area contributed by atoms with Crippen molar-refractivity contribution in [1.82, 2.24) is 19.7 Å². The number of nitrogens with zero attached hydrogens (tertiary/aromatic N) is 4. The second-order valence-electron chi connectivity index (χ2n) is 6.79. The van der Waals surface area contributed by atoms with Crippen LogP contribution in [0.15, 0.2) is 53.3 Å². The Morgan fingerprint density at radius 2 is 1.96 bits per heavy atom. The van der Waals surface area contributed by atoms with Crippen molar-refractivity contribution in [2.45, 2.75) is 19.8 Å². The maximum atomic E-state index is 5.78. The number of aromatic nitrogens is 4. The van der Waals surface area contributed by atoms with Crippen LogP contribution in [0.5, 0.6) is 0 Å². The van der Waals surface area contributed by atoms with Crippen LogP contribution in [0, 0.1) is 6.92 Å². The van der Waals surface area contributed by atoms with Crippen LogP contribution >= 0.6 is 0 Å². The fourth-order valence-corrected chi connectivity index (χ4v) is 3.65. The van der Waals surface area contributed by atoms with Gasteiger partial charge in [-0.05, 0) is 49.1 Å². The van der Waals surface area contributed by atoms with Crippen molar-refractivity contribution in [3.8, 4) is 22.7 Å². The molecule has 3 aromatic heterocycles. The Kier molecular flexibility index (Phi) is 3.57. The molecule has 0 radical (unpaired) electrons. The molecule has 0 fully saturated rings. The highest BCUT2D eigenvalue weighted by Crippen LogP contribution is 2.40. The van der Waals surface area contributed by atoms with Gasteiger partial charge in [-0.3, -0.25) is 4.68 Å². The van der Waals surface area contributed by atoms with Crippen molar-refractivity contribution in [2.75, 3.05) is 5.32 Å². The van der Waals surface area contributed by atoms with E-state index < -0.39 is 0 Å². The van der Waals surface area contributed by atoms with E-state index in [-0.39, 0.29) is 0 Å². The molecular weight excluding hydrogens is 338 g/mol. The SMILES string of the molecule is Cc1ccoc1-c1c2c(nn1C)CCc1cnc(Nc3ccccc3)nc1-2. The quantitative estimate of drug-likeness (QED) is 0.592. The largest absolute Gasteiger partial charge is 0.462 e. The van der Waals surface area contributed by atoms with E-state index in [2.05, 4.69) is 10.3 Å². The van der Waals surface area contributed by atoms with Crippen LogP contribution in [-0.2, 0) is 19.9 Å². The molecule has 1 aliphatic carbocycles. The van der Waals surface area contributed by atoms with Crippen LogP contribution in [0.25, 0.3) is 22.7 Å². The average molecular weight is 357 g/mol. The molecule has 1 N–H and O–H groups in total. The summed E-state index contributed by atoms with van der Waals surface area (Å²) in [6.45, 7) is 2.05. The Balaban J connectivity index is 1.65. The van der Waals surface area contributed by atoms with Gasteiger partial charge >= 0.3 is 0 Å². The molecule has 5 rings (SSSR count). The lowest BCUT2D eigenvalue weighted by Crippen LogP contribution is -2.08. The van der Waals surface area contributed by atoms with Crippen molar-refractivity contribution < 1.29 is 4.42 Å².